The van der Waals surface area contributed by atoms with E-state index in [1.165, 1.54) is 4.88 Å². The molecular weight excluding hydrogens is 288 g/mol. The molecule has 0 aliphatic carbocycles. The Labute approximate surface area is 127 Å². The van der Waals surface area contributed by atoms with Gasteiger partial charge in [-0.2, -0.15) is 4.98 Å². The number of nitrogens with two attached hydrogens (primary N) is 1. The molecule has 2 aromatic heterocycles. The largest absolute Gasteiger partial charge is 0.377 e. The Morgan fingerprint density at radius 2 is 2.38 bits per heavy atom. The number of hydrogen-bond acceptors (Lipinski definition) is 7. The van der Waals surface area contributed by atoms with E-state index in [9.17, 15) is 0 Å². The molecule has 3 heterocycles. The summed E-state index contributed by atoms with van der Waals surface area (Å²) in [6, 6.07) is 4.22. The molecule has 1 aliphatic rings. The lowest BCUT2D eigenvalue weighted by atomic mass is 10.2. The molecule has 3 rings (SSSR count). The van der Waals surface area contributed by atoms with Crippen LogP contribution in [-0.4, -0.2) is 34.3 Å². The zero-order chi connectivity index (χ0) is 14.5. The van der Waals surface area contributed by atoms with E-state index >= 15 is 0 Å². The van der Waals surface area contributed by atoms with Crippen LogP contribution < -0.4 is 5.73 Å². The van der Waals surface area contributed by atoms with Gasteiger partial charge >= 0.3 is 0 Å². The molecule has 7 heteroatoms. The van der Waals surface area contributed by atoms with Gasteiger partial charge in [0.2, 0.25) is 5.89 Å². The lowest BCUT2D eigenvalue weighted by Gasteiger charge is -2.23. The number of hydrogen-bond donors (Lipinski definition) is 1. The van der Waals surface area contributed by atoms with Gasteiger partial charge in [-0.1, -0.05) is 11.2 Å². The lowest BCUT2D eigenvalue weighted by molar-refractivity contribution is 0.0671. The Balaban J connectivity index is 1.64. The van der Waals surface area contributed by atoms with Gasteiger partial charge in [0.1, 0.15) is 0 Å². The van der Waals surface area contributed by atoms with Crippen molar-refractivity contribution in [2.24, 2.45) is 5.73 Å². The molecule has 0 spiro atoms. The first kappa shape index (κ1) is 14.6. The van der Waals surface area contributed by atoms with Gasteiger partial charge in [0.25, 0.3) is 0 Å². The molecule has 21 heavy (non-hydrogen) atoms. The van der Waals surface area contributed by atoms with Crippen molar-refractivity contribution in [3.05, 3.63) is 34.1 Å². The van der Waals surface area contributed by atoms with E-state index in [-0.39, 0.29) is 6.54 Å². The van der Waals surface area contributed by atoms with Gasteiger partial charge in [-0.15, -0.1) is 11.3 Å². The SMILES string of the molecule is NCc1nc(CN(Cc2cccs2)CC2CCCO2)no1. The molecule has 1 atom stereocenters. The lowest BCUT2D eigenvalue weighted by Crippen LogP contribution is -2.31. The van der Waals surface area contributed by atoms with Gasteiger partial charge in [0, 0.05) is 24.6 Å². The Kier molecular flexibility index (Phi) is 4.97. The van der Waals surface area contributed by atoms with Crippen molar-refractivity contribution < 1.29 is 9.26 Å². The van der Waals surface area contributed by atoms with Crippen molar-refractivity contribution >= 4 is 11.3 Å². The summed E-state index contributed by atoms with van der Waals surface area (Å²) in [4.78, 5) is 7.93. The van der Waals surface area contributed by atoms with E-state index in [4.69, 9.17) is 15.0 Å². The van der Waals surface area contributed by atoms with Gasteiger partial charge in [0.05, 0.1) is 19.2 Å². The van der Waals surface area contributed by atoms with Crippen molar-refractivity contribution in [3.63, 3.8) is 0 Å². The molecule has 1 unspecified atom stereocenters. The zero-order valence-electron chi connectivity index (χ0n) is 11.9. The quantitative estimate of drug-likeness (QED) is 0.840. The predicted molar refractivity (Wildman–Crippen MR) is 79.6 cm³/mol. The van der Waals surface area contributed by atoms with Crippen LogP contribution in [0.4, 0.5) is 0 Å². The number of thiophene rings is 1. The van der Waals surface area contributed by atoms with Crippen LogP contribution in [0, 0.1) is 0 Å². The minimum atomic E-state index is 0.281. The highest BCUT2D eigenvalue weighted by Crippen LogP contribution is 2.18. The molecule has 1 aliphatic heterocycles. The average Bonchev–Trinajstić information content (AvgIpc) is 3.20. The third-order valence-corrected chi connectivity index (χ3v) is 4.36. The molecule has 2 N–H and O–H groups in total. The number of aromatic nitrogens is 2. The van der Waals surface area contributed by atoms with E-state index < -0.39 is 0 Å². The van der Waals surface area contributed by atoms with Crippen molar-refractivity contribution in [1.29, 1.82) is 0 Å². The summed E-state index contributed by atoms with van der Waals surface area (Å²) in [6.45, 7) is 3.58. The molecule has 0 bridgehead atoms. The van der Waals surface area contributed by atoms with E-state index in [0.29, 0.717) is 24.4 Å². The maximum Gasteiger partial charge on any atom is 0.240 e. The number of ether oxygens (including phenoxy) is 1. The van der Waals surface area contributed by atoms with Crippen molar-refractivity contribution in [2.45, 2.75) is 38.6 Å². The zero-order valence-corrected chi connectivity index (χ0v) is 12.7. The molecule has 1 saturated heterocycles. The first-order chi connectivity index (χ1) is 10.3. The van der Waals surface area contributed by atoms with Crippen LogP contribution in [0.25, 0.3) is 0 Å². The molecule has 6 nitrogen and oxygen atoms in total. The number of rotatable bonds is 7. The second-order valence-corrected chi connectivity index (χ2v) is 6.22. The Morgan fingerprint density at radius 3 is 3.05 bits per heavy atom. The van der Waals surface area contributed by atoms with E-state index in [1.54, 1.807) is 11.3 Å². The first-order valence-electron chi connectivity index (χ1n) is 7.21. The highest BCUT2D eigenvalue weighted by atomic mass is 32.1. The first-order valence-corrected chi connectivity index (χ1v) is 8.09. The highest BCUT2D eigenvalue weighted by Gasteiger charge is 2.21. The smallest absolute Gasteiger partial charge is 0.240 e. The van der Waals surface area contributed by atoms with Crippen LogP contribution in [0.3, 0.4) is 0 Å². The second kappa shape index (κ2) is 7.13. The standard InChI is InChI=1S/C14H20N4O2S/c15-7-14-16-13(17-20-14)10-18(8-11-3-1-5-19-11)9-12-4-2-6-21-12/h2,4,6,11H,1,3,5,7-10,15H2. The maximum atomic E-state index is 5.74. The van der Waals surface area contributed by atoms with Crippen LogP contribution in [0.5, 0.6) is 0 Å². The van der Waals surface area contributed by atoms with Crippen molar-refractivity contribution in [1.82, 2.24) is 15.0 Å². The van der Waals surface area contributed by atoms with Crippen LogP contribution in [0.2, 0.25) is 0 Å². The summed E-state index contributed by atoms with van der Waals surface area (Å²) < 4.78 is 10.8. The highest BCUT2D eigenvalue weighted by molar-refractivity contribution is 7.09. The van der Waals surface area contributed by atoms with Crippen molar-refractivity contribution in [3.8, 4) is 0 Å². The molecule has 0 radical (unpaired) electrons. The normalized spacial score (nSPS) is 18.7. The van der Waals surface area contributed by atoms with Gasteiger partial charge in [-0.25, -0.2) is 0 Å². The van der Waals surface area contributed by atoms with Crippen molar-refractivity contribution in [2.75, 3.05) is 13.2 Å². The molecule has 0 aromatic carbocycles. The van der Waals surface area contributed by atoms with E-state index in [0.717, 1.165) is 32.5 Å². The minimum absolute atomic E-state index is 0.281. The molecule has 2 aromatic rings. The summed E-state index contributed by atoms with van der Waals surface area (Å²) >= 11 is 1.76. The van der Waals surface area contributed by atoms with Gasteiger partial charge in [0.15, 0.2) is 5.82 Å². The van der Waals surface area contributed by atoms with Crippen LogP contribution in [0.15, 0.2) is 22.0 Å². The summed E-state index contributed by atoms with van der Waals surface area (Å²) in [6.07, 6.45) is 2.59. The molecule has 0 amide bonds. The Bertz CT molecular complexity index is 537. The average molecular weight is 308 g/mol. The summed E-state index contributed by atoms with van der Waals surface area (Å²) in [5, 5.41) is 6.08. The Hall–Kier alpha value is -1.28. The molecule has 1 fully saturated rings. The fourth-order valence-corrected chi connectivity index (χ4v) is 3.27. The predicted octanol–water partition coefficient (Wildman–Crippen LogP) is 1.77. The van der Waals surface area contributed by atoms with Crippen LogP contribution in [-0.2, 0) is 24.4 Å². The van der Waals surface area contributed by atoms with Gasteiger partial charge in [-0.05, 0) is 24.3 Å². The number of nitrogens with zero attached hydrogens (tertiary/aromatic N) is 3. The minimum Gasteiger partial charge on any atom is -0.377 e. The third kappa shape index (κ3) is 4.10. The van der Waals surface area contributed by atoms with E-state index in [1.807, 2.05) is 0 Å². The van der Waals surface area contributed by atoms with Gasteiger partial charge < -0.3 is 15.0 Å². The second-order valence-electron chi connectivity index (χ2n) is 5.19. The Morgan fingerprint density at radius 1 is 1.43 bits per heavy atom. The van der Waals surface area contributed by atoms with E-state index in [2.05, 4.69) is 32.6 Å². The third-order valence-electron chi connectivity index (χ3n) is 3.50. The maximum absolute atomic E-state index is 5.74. The molecule has 114 valence electrons. The monoisotopic (exact) mass is 308 g/mol. The topological polar surface area (TPSA) is 77.4 Å². The fourth-order valence-electron chi connectivity index (χ4n) is 2.52. The van der Waals surface area contributed by atoms with Crippen LogP contribution in [0.1, 0.15) is 29.4 Å². The molecular formula is C14H20N4O2S. The summed E-state index contributed by atoms with van der Waals surface area (Å²) in [7, 11) is 0. The van der Waals surface area contributed by atoms with Gasteiger partial charge in [-0.3, -0.25) is 4.90 Å². The fraction of sp³-hybridized carbons (Fsp3) is 0.571. The summed E-state index contributed by atoms with van der Waals surface area (Å²) in [5.74, 6) is 1.17. The summed E-state index contributed by atoms with van der Waals surface area (Å²) in [5.41, 5.74) is 5.51. The molecule has 0 saturated carbocycles. The van der Waals surface area contributed by atoms with Crippen LogP contribution >= 0.6 is 11.3 Å².